The van der Waals surface area contributed by atoms with Crippen LogP contribution < -0.4 is 0 Å². The summed E-state index contributed by atoms with van der Waals surface area (Å²) in [6, 6.07) is 9.82. The molecule has 0 saturated carbocycles. The topological polar surface area (TPSA) is 66.5 Å². The zero-order valence-corrected chi connectivity index (χ0v) is 15.3. The lowest BCUT2D eigenvalue weighted by atomic mass is 10.0. The maximum atomic E-state index is 11.8. The number of benzene rings is 1. The standard InChI is InChI=1S/C19H27NO6/c1-3-4-10-23-18-12-16(24-13-14-8-6-5-7-9-14)15-11-17(19(21)22-2)25-20(15)26-18/h5-9,15-18H,3-4,10-13H2,1-2H3/t15-,16+,17-,18+/m0/s1. The maximum absolute atomic E-state index is 11.8. The van der Waals surface area contributed by atoms with Crippen LogP contribution in [0.5, 0.6) is 0 Å². The molecule has 0 amide bonds. The zero-order chi connectivity index (χ0) is 18.4. The minimum absolute atomic E-state index is 0.162. The van der Waals surface area contributed by atoms with Crippen LogP contribution >= 0.6 is 0 Å². The lowest BCUT2D eigenvalue weighted by Crippen LogP contribution is -2.49. The summed E-state index contributed by atoms with van der Waals surface area (Å²) in [6.45, 7) is 3.21. The number of carbonyl (C=O) groups is 1. The molecular weight excluding hydrogens is 338 g/mol. The Balaban J connectivity index is 1.63. The number of hydrogen-bond donors (Lipinski definition) is 0. The van der Waals surface area contributed by atoms with E-state index in [0.29, 0.717) is 26.1 Å². The molecule has 0 aliphatic carbocycles. The molecule has 3 rings (SSSR count). The number of rotatable bonds is 8. The molecule has 0 aromatic heterocycles. The highest BCUT2D eigenvalue weighted by Crippen LogP contribution is 2.34. The molecule has 0 unspecified atom stereocenters. The molecule has 2 fully saturated rings. The van der Waals surface area contributed by atoms with Gasteiger partial charge in [-0.15, -0.1) is 0 Å². The van der Waals surface area contributed by atoms with Crippen LogP contribution in [0.2, 0.25) is 0 Å². The first-order valence-electron chi connectivity index (χ1n) is 9.19. The first-order valence-corrected chi connectivity index (χ1v) is 9.19. The van der Waals surface area contributed by atoms with E-state index in [1.165, 1.54) is 12.3 Å². The summed E-state index contributed by atoms with van der Waals surface area (Å²) in [7, 11) is 1.35. The first-order chi connectivity index (χ1) is 12.7. The Labute approximate surface area is 154 Å². The number of unbranched alkanes of at least 4 members (excludes halogenated alkanes) is 1. The number of hydrogen-bond acceptors (Lipinski definition) is 7. The third-order valence-corrected chi connectivity index (χ3v) is 4.61. The fraction of sp³-hybridized carbons (Fsp3) is 0.632. The fourth-order valence-corrected chi connectivity index (χ4v) is 3.13. The lowest BCUT2D eigenvalue weighted by Gasteiger charge is -2.37. The average molecular weight is 365 g/mol. The highest BCUT2D eigenvalue weighted by molar-refractivity contribution is 5.74. The molecule has 0 bridgehead atoms. The molecule has 2 aliphatic heterocycles. The van der Waals surface area contributed by atoms with E-state index in [4.69, 9.17) is 23.9 Å². The Kier molecular flexibility index (Phi) is 6.99. The molecule has 2 aliphatic rings. The van der Waals surface area contributed by atoms with Crippen LogP contribution in [0.4, 0.5) is 0 Å². The van der Waals surface area contributed by atoms with Crippen LogP contribution in [0.25, 0.3) is 0 Å². The first kappa shape index (κ1) is 19.3. The summed E-state index contributed by atoms with van der Waals surface area (Å²) in [5, 5.41) is 1.37. The van der Waals surface area contributed by atoms with Crippen molar-refractivity contribution in [3.8, 4) is 0 Å². The molecule has 26 heavy (non-hydrogen) atoms. The summed E-state index contributed by atoms with van der Waals surface area (Å²) in [5.74, 6) is -0.409. The van der Waals surface area contributed by atoms with Crippen LogP contribution in [-0.4, -0.2) is 49.5 Å². The van der Waals surface area contributed by atoms with Gasteiger partial charge < -0.3 is 14.2 Å². The molecule has 0 spiro atoms. The molecule has 144 valence electrons. The van der Waals surface area contributed by atoms with Crippen LogP contribution in [0.15, 0.2) is 30.3 Å². The third-order valence-electron chi connectivity index (χ3n) is 4.61. The SMILES string of the molecule is CCCCO[C@H]1C[C@@H](OCc2ccccc2)[C@@H]2C[C@@H](C(=O)OC)ON2O1. The van der Waals surface area contributed by atoms with Gasteiger partial charge in [0.1, 0.15) is 0 Å². The molecule has 1 aromatic rings. The third kappa shape index (κ3) is 4.81. The zero-order valence-electron chi connectivity index (χ0n) is 15.3. The number of carbonyl (C=O) groups excluding carboxylic acids is 1. The molecule has 4 atom stereocenters. The van der Waals surface area contributed by atoms with E-state index < -0.39 is 18.4 Å². The van der Waals surface area contributed by atoms with E-state index >= 15 is 0 Å². The van der Waals surface area contributed by atoms with Gasteiger partial charge in [-0.25, -0.2) is 9.63 Å². The van der Waals surface area contributed by atoms with Crippen molar-refractivity contribution in [2.45, 2.75) is 63.8 Å². The van der Waals surface area contributed by atoms with E-state index in [-0.39, 0.29) is 12.1 Å². The summed E-state index contributed by atoms with van der Waals surface area (Å²) in [6.07, 6.45) is 1.78. The van der Waals surface area contributed by atoms with Gasteiger partial charge in [0.2, 0.25) is 0 Å². The number of fused-ring (bicyclic) bond motifs is 1. The fourth-order valence-electron chi connectivity index (χ4n) is 3.13. The summed E-state index contributed by atoms with van der Waals surface area (Å²) >= 11 is 0. The van der Waals surface area contributed by atoms with Gasteiger partial charge >= 0.3 is 5.97 Å². The Morgan fingerprint density at radius 2 is 2.00 bits per heavy atom. The number of hydroxylamine groups is 2. The second-order valence-electron chi connectivity index (χ2n) is 6.54. The van der Waals surface area contributed by atoms with Crippen molar-refractivity contribution in [1.82, 2.24) is 5.23 Å². The van der Waals surface area contributed by atoms with Crippen molar-refractivity contribution in [3.63, 3.8) is 0 Å². The lowest BCUT2D eigenvalue weighted by molar-refractivity contribution is -0.445. The number of ether oxygens (including phenoxy) is 3. The number of esters is 1. The van der Waals surface area contributed by atoms with E-state index in [2.05, 4.69) is 6.92 Å². The van der Waals surface area contributed by atoms with Gasteiger partial charge in [-0.2, -0.15) is 0 Å². The minimum atomic E-state index is -0.679. The van der Waals surface area contributed by atoms with Crippen molar-refractivity contribution < 1.29 is 28.7 Å². The van der Waals surface area contributed by atoms with Crippen molar-refractivity contribution in [2.24, 2.45) is 0 Å². The largest absolute Gasteiger partial charge is 0.467 e. The smallest absolute Gasteiger partial charge is 0.337 e. The quantitative estimate of drug-likeness (QED) is 0.518. The van der Waals surface area contributed by atoms with Crippen LogP contribution in [0.1, 0.15) is 38.2 Å². The highest BCUT2D eigenvalue weighted by Gasteiger charge is 2.48. The van der Waals surface area contributed by atoms with Crippen molar-refractivity contribution in [2.75, 3.05) is 13.7 Å². The van der Waals surface area contributed by atoms with Crippen LogP contribution in [-0.2, 0) is 35.3 Å². The molecule has 2 saturated heterocycles. The second-order valence-corrected chi connectivity index (χ2v) is 6.54. The van der Waals surface area contributed by atoms with Crippen molar-refractivity contribution in [1.29, 1.82) is 0 Å². The van der Waals surface area contributed by atoms with Gasteiger partial charge in [0.25, 0.3) is 0 Å². The molecule has 2 heterocycles. The van der Waals surface area contributed by atoms with Crippen molar-refractivity contribution in [3.05, 3.63) is 35.9 Å². The number of nitrogens with zero attached hydrogens (tertiary/aromatic N) is 1. The predicted octanol–water partition coefficient (Wildman–Crippen LogP) is 2.60. The van der Waals surface area contributed by atoms with Gasteiger partial charge in [0.05, 0.1) is 25.9 Å². The monoisotopic (exact) mass is 365 g/mol. The van der Waals surface area contributed by atoms with E-state index in [9.17, 15) is 4.79 Å². The molecular formula is C19H27NO6. The van der Waals surface area contributed by atoms with Gasteiger partial charge in [-0.3, -0.25) is 4.84 Å². The molecule has 7 heteroatoms. The number of methoxy groups -OCH3 is 1. The molecule has 1 aromatic carbocycles. The minimum Gasteiger partial charge on any atom is -0.467 e. The molecule has 0 radical (unpaired) electrons. The summed E-state index contributed by atoms with van der Waals surface area (Å²) in [4.78, 5) is 23.2. The van der Waals surface area contributed by atoms with Gasteiger partial charge in [0.15, 0.2) is 12.4 Å². The maximum Gasteiger partial charge on any atom is 0.337 e. The van der Waals surface area contributed by atoms with Gasteiger partial charge in [-0.1, -0.05) is 48.9 Å². The average Bonchev–Trinajstić information content (AvgIpc) is 3.11. The molecule has 7 nitrogen and oxygen atoms in total. The van der Waals surface area contributed by atoms with Crippen molar-refractivity contribution >= 4 is 5.97 Å². The molecule has 0 N–H and O–H groups in total. The normalized spacial score (nSPS) is 28.7. The summed E-state index contributed by atoms with van der Waals surface area (Å²) < 4.78 is 16.7. The van der Waals surface area contributed by atoms with Crippen LogP contribution in [0.3, 0.4) is 0 Å². The Morgan fingerprint density at radius 1 is 1.19 bits per heavy atom. The van der Waals surface area contributed by atoms with E-state index in [1.54, 1.807) is 0 Å². The van der Waals surface area contributed by atoms with Gasteiger partial charge in [-0.05, 0) is 12.0 Å². The van der Waals surface area contributed by atoms with Gasteiger partial charge in [0, 0.05) is 19.4 Å². The summed E-state index contributed by atoms with van der Waals surface area (Å²) in [5.41, 5.74) is 1.09. The Bertz CT molecular complexity index is 568. The van der Waals surface area contributed by atoms with E-state index in [1.807, 2.05) is 30.3 Å². The van der Waals surface area contributed by atoms with Crippen LogP contribution in [0, 0.1) is 0 Å². The second kappa shape index (κ2) is 9.43. The predicted molar refractivity (Wildman–Crippen MR) is 92.5 cm³/mol. The Morgan fingerprint density at radius 3 is 2.73 bits per heavy atom. The Hall–Kier alpha value is -1.51. The van der Waals surface area contributed by atoms with E-state index in [0.717, 1.165) is 18.4 Å². The highest BCUT2D eigenvalue weighted by atomic mass is 17.0.